The maximum Gasteiger partial charge on any atom is 0.327 e. The summed E-state index contributed by atoms with van der Waals surface area (Å²) in [5.41, 5.74) is 0. The molecule has 0 heterocycles. The highest BCUT2D eigenvalue weighted by Gasteiger charge is 2.17. The van der Waals surface area contributed by atoms with Gasteiger partial charge in [-0.05, 0) is 6.54 Å². The number of carbonyl (C=O) groups is 2. The van der Waals surface area contributed by atoms with Crippen LogP contribution in [0.3, 0.4) is 0 Å². The minimum atomic E-state index is -1.12. The fourth-order valence-corrected chi connectivity index (χ4v) is 0.802. The van der Waals surface area contributed by atoms with Crippen LogP contribution in [0.1, 0.15) is 13.3 Å². The van der Waals surface area contributed by atoms with Crippen molar-refractivity contribution in [1.29, 1.82) is 0 Å². The highest BCUT2D eigenvalue weighted by atomic mass is 16.4. The first-order valence-electron chi connectivity index (χ1n) is 4.28. The van der Waals surface area contributed by atoms with Crippen molar-refractivity contribution >= 4 is 11.9 Å². The summed E-state index contributed by atoms with van der Waals surface area (Å²) in [7, 11) is 0. The monoisotopic (exact) mass is 198 g/mol. The predicted octanol–water partition coefficient (Wildman–Crippen LogP) is -0.811. The Labute approximate surface area is 82.9 Å². The molecule has 3 N–H and O–H groups in total. The Hall–Kier alpha value is -1.54. The van der Waals surface area contributed by atoms with Crippen molar-refractivity contribution in [3.63, 3.8) is 0 Å². The van der Waals surface area contributed by atoms with Gasteiger partial charge in [0.05, 0.1) is 6.54 Å². The van der Waals surface area contributed by atoms with Gasteiger partial charge in [-0.1, -0.05) is 6.92 Å². The molecule has 0 bridgehead atoms. The Morgan fingerprint density at radius 3 is 2.64 bits per heavy atom. The van der Waals surface area contributed by atoms with E-state index in [1.54, 1.807) is 0 Å². The number of amides is 1. The van der Waals surface area contributed by atoms with Crippen LogP contribution >= 0.6 is 0 Å². The van der Waals surface area contributed by atoms with Gasteiger partial charge < -0.3 is 15.7 Å². The number of hydrogen-bond acceptors (Lipinski definition) is 3. The van der Waals surface area contributed by atoms with Crippen molar-refractivity contribution in [3.8, 4) is 12.3 Å². The average molecular weight is 198 g/mol. The standard InChI is InChI=1S/C9H14N2O3/c1-3-5-7(9(13)14)11-8(12)6-10-4-2/h1,7,10H,4-6H2,2H3,(H,11,12)(H,13,14). The van der Waals surface area contributed by atoms with Crippen molar-refractivity contribution in [1.82, 2.24) is 10.6 Å². The Bertz CT molecular complexity index is 245. The normalized spacial score (nSPS) is 11.4. The summed E-state index contributed by atoms with van der Waals surface area (Å²) in [5, 5.41) is 13.7. The molecule has 0 spiro atoms. The summed E-state index contributed by atoms with van der Waals surface area (Å²) in [6.45, 7) is 2.61. The van der Waals surface area contributed by atoms with Gasteiger partial charge in [0.25, 0.3) is 0 Å². The molecule has 0 aliphatic carbocycles. The summed E-state index contributed by atoms with van der Waals surface area (Å²) in [4.78, 5) is 21.7. The topological polar surface area (TPSA) is 78.4 Å². The Kier molecular flexibility index (Phi) is 6.16. The van der Waals surface area contributed by atoms with Crippen LogP contribution in [0.15, 0.2) is 0 Å². The molecule has 0 radical (unpaired) electrons. The molecule has 1 unspecified atom stereocenters. The van der Waals surface area contributed by atoms with E-state index in [0.29, 0.717) is 6.54 Å². The van der Waals surface area contributed by atoms with Crippen molar-refractivity contribution in [2.45, 2.75) is 19.4 Å². The Morgan fingerprint density at radius 2 is 2.21 bits per heavy atom. The van der Waals surface area contributed by atoms with E-state index in [2.05, 4.69) is 16.6 Å². The first kappa shape index (κ1) is 12.5. The zero-order chi connectivity index (χ0) is 11.0. The first-order valence-corrected chi connectivity index (χ1v) is 4.28. The Morgan fingerprint density at radius 1 is 1.57 bits per heavy atom. The van der Waals surface area contributed by atoms with Gasteiger partial charge in [0.15, 0.2) is 0 Å². The molecule has 0 fully saturated rings. The van der Waals surface area contributed by atoms with E-state index in [9.17, 15) is 9.59 Å². The molecule has 5 heteroatoms. The lowest BCUT2D eigenvalue weighted by molar-refractivity contribution is -0.141. The first-order chi connectivity index (χ1) is 6.61. The van der Waals surface area contributed by atoms with E-state index in [1.165, 1.54) is 0 Å². The molecule has 14 heavy (non-hydrogen) atoms. The number of nitrogens with one attached hydrogen (secondary N) is 2. The van der Waals surface area contributed by atoms with E-state index < -0.39 is 12.0 Å². The Balaban J connectivity index is 3.97. The van der Waals surface area contributed by atoms with E-state index in [0.717, 1.165) is 0 Å². The van der Waals surface area contributed by atoms with E-state index in [4.69, 9.17) is 11.5 Å². The van der Waals surface area contributed by atoms with Crippen LogP contribution in [0.5, 0.6) is 0 Å². The molecular weight excluding hydrogens is 184 g/mol. The number of rotatable bonds is 6. The number of aliphatic carboxylic acids is 1. The van der Waals surface area contributed by atoms with Gasteiger partial charge in [0.2, 0.25) is 5.91 Å². The van der Waals surface area contributed by atoms with Crippen LogP contribution in [0.2, 0.25) is 0 Å². The van der Waals surface area contributed by atoms with E-state index in [1.807, 2.05) is 6.92 Å². The van der Waals surface area contributed by atoms with Crippen LogP contribution in [0.4, 0.5) is 0 Å². The zero-order valence-corrected chi connectivity index (χ0v) is 8.04. The fourth-order valence-electron chi connectivity index (χ4n) is 0.802. The van der Waals surface area contributed by atoms with Crippen LogP contribution < -0.4 is 10.6 Å². The van der Waals surface area contributed by atoms with Crippen LogP contribution in [0, 0.1) is 12.3 Å². The predicted molar refractivity (Wildman–Crippen MR) is 51.6 cm³/mol. The SMILES string of the molecule is C#CCC(NC(=O)CNCC)C(=O)O. The van der Waals surface area contributed by atoms with E-state index in [-0.39, 0.29) is 18.9 Å². The lowest BCUT2D eigenvalue weighted by atomic mass is 10.2. The molecule has 0 saturated heterocycles. The number of carboxylic acid groups (broad SMARTS) is 1. The summed E-state index contributed by atoms with van der Waals surface area (Å²) in [5.74, 6) is 0.711. The van der Waals surface area contributed by atoms with Gasteiger partial charge in [-0.2, -0.15) is 0 Å². The summed E-state index contributed by atoms with van der Waals surface area (Å²) < 4.78 is 0. The highest BCUT2D eigenvalue weighted by molar-refractivity contribution is 5.84. The zero-order valence-electron chi connectivity index (χ0n) is 8.04. The molecule has 0 aliphatic heterocycles. The number of carboxylic acids is 1. The summed E-state index contributed by atoms with van der Waals surface area (Å²) in [6, 6.07) is -0.994. The lowest BCUT2D eigenvalue weighted by Gasteiger charge is -2.11. The van der Waals surface area contributed by atoms with Crippen LogP contribution in [-0.2, 0) is 9.59 Å². The molecule has 0 rings (SSSR count). The lowest BCUT2D eigenvalue weighted by Crippen LogP contribution is -2.44. The molecular formula is C9H14N2O3. The highest BCUT2D eigenvalue weighted by Crippen LogP contribution is 1.89. The van der Waals surface area contributed by atoms with E-state index >= 15 is 0 Å². The maximum atomic E-state index is 11.1. The van der Waals surface area contributed by atoms with Crippen molar-refractivity contribution in [3.05, 3.63) is 0 Å². The molecule has 5 nitrogen and oxygen atoms in total. The van der Waals surface area contributed by atoms with Gasteiger partial charge >= 0.3 is 5.97 Å². The van der Waals surface area contributed by atoms with Crippen molar-refractivity contribution < 1.29 is 14.7 Å². The molecule has 0 aromatic carbocycles. The number of likely N-dealkylation sites (N-methyl/N-ethyl adjacent to an activating group) is 1. The van der Waals surface area contributed by atoms with Crippen molar-refractivity contribution in [2.75, 3.05) is 13.1 Å². The minimum Gasteiger partial charge on any atom is -0.480 e. The molecule has 0 saturated carbocycles. The average Bonchev–Trinajstić information content (AvgIpc) is 2.14. The second kappa shape index (κ2) is 6.92. The quantitative estimate of drug-likeness (QED) is 0.488. The van der Waals surface area contributed by atoms with Crippen LogP contribution in [-0.4, -0.2) is 36.1 Å². The maximum absolute atomic E-state index is 11.1. The smallest absolute Gasteiger partial charge is 0.327 e. The number of terminal acetylenes is 1. The molecule has 0 aromatic rings. The fraction of sp³-hybridized carbons (Fsp3) is 0.556. The molecule has 1 atom stereocenters. The van der Waals surface area contributed by atoms with Crippen LogP contribution in [0.25, 0.3) is 0 Å². The third kappa shape index (κ3) is 5.17. The van der Waals surface area contributed by atoms with Crippen molar-refractivity contribution in [2.24, 2.45) is 0 Å². The third-order valence-electron chi connectivity index (χ3n) is 1.49. The molecule has 78 valence electrons. The number of hydrogen-bond donors (Lipinski definition) is 3. The van der Waals surface area contributed by atoms with Gasteiger partial charge in [0, 0.05) is 6.42 Å². The largest absolute Gasteiger partial charge is 0.480 e. The summed E-state index contributed by atoms with van der Waals surface area (Å²) in [6.07, 6.45) is 4.96. The second-order valence-electron chi connectivity index (χ2n) is 2.65. The molecule has 1 amide bonds. The second-order valence-corrected chi connectivity index (χ2v) is 2.65. The molecule has 0 aliphatic rings. The minimum absolute atomic E-state index is 0.00675. The molecule has 0 aromatic heterocycles. The summed E-state index contributed by atoms with van der Waals surface area (Å²) >= 11 is 0. The van der Waals surface area contributed by atoms with Gasteiger partial charge in [0.1, 0.15) is 6.04 Å². The van der Waals surface area contributed by atoms with Gasteiger partial charge in [-0.15, -0.1) is 12.3 Å². The van der Waals surface area contributed by atoms with Gasteiger partial charge in [-0.25, -0.2) is 4.79 Å². The van der Waals surface area contributed by atoms with Gasteiger partial charge in [-0.3, -0.25) is 4.79 Å². The third-order valence-corrected chi connectivity index (χ3v) is 1.49. The number of carbonyl (C=O) groups excluding carboxylic acids is 1.